The molecule has 0 aromatic carbocycles. The lowest BCUT2D eigenvalue weighted by atomic mass is 10.0. The summed E-state index contributed by atoms with van der Waals surface area (Å²) in [6.45, 7) is 6.28. The van der Waals surface area contributed by atoms with E-state index >= 15 is 0 Å². The minimum absolute atomic E-state index is 0.196. The van der Waals surface area contributed by atoms with E-state index < -0.39 is 0 Å². The van der Waals surface area contributed by atoms with Crippen molar-refractivity contribution in [3.8, 4) is 0 Å². The largest absolute Gasteiger partial charge is 0.353 e. The summed E-state index contributed by atoms with van der Waals surface area (Å²) in [5, 5.41) is 6.35. The first-order chi connectivity index (χ1) is 6.24. The van der Waals surface area contributed by atoms with Gasteiger partial charge in [0.2, 0.25) is 5.91 Å². The van der Waals surface area contributed by atoms with Gasteiger partial charge >= 0.3 is 0 Å². The lowest BCUT2D eigenvalue weighted by Crippen LogP contribution is -2.38. The summed E-state index contributed by atoms with van der Waals surface area (Å²) in [5.41, 5.74) is 0. The Bertz CT molecular complexity index is 164. The normalized spacial score (nSPS) is 24.3. The second kappa shape index (κ2) is 5.22. The molecule has 1 amide bonds. The molecule has 13 heavy (non-hydrogen) atoms. The van der Waals surface area contributed by atoms with Crippen LogP contribution in [0.15, 0.2) is 0 Å². The summed E-state index contributed by atoms with van der Waals surface area (Å²) in [4.78, 5) is 11.3. The molecule has 0 bridgehead atoms. The van der Waals surface area contributed by atoms with Crippen molar-refractivity contribution >= 4 is 5.91 Å². The second-order valence-electron chi connectivity index (χ2n) is 3.86. The maximum Gasteiger partial charge on any atom is 0.220 e. The number of carbonyl (C=O) groups excluding carboxylic acids is 1. The molecule has 1 aliphatic rings. The fourth-order valence-corrected chi connectivity index (χ4v) is 1.77. The second-order valence-corrected chi connectivity index (χ2v) is 3.86. The molecule has 0 spiro atoms. The van der Waals surface area contributed by atoms with Crippen LogP contribution in [0.1, 0.15) is 33.1 Å². The van der Waals surface area contributed by atoms with Gasteiger partial charge in [-0.1, -0.05) is 6.92 Å². The lowest BCUT2D eigenvalue weighted by Gasteiger charge is -2.19. The Morgan fingerprint density at radius 2 is 2.46 bits per heavy atom. The third-order valence-corrected chi connectivity index (χ3v) is 2.67. The van der Waals surface area contributed by atoms with E-state index in [9.17, 15) is 4.79 Å². The van der Waals surface area contributed by atoms with Crippen LogP contribution in [0.5, 0.6) is 0 Å². The van der Waals surface area contributed by atoms with Gasteiger partial charge in [-0.05, 0) is 38.8 Å². The molecule has 0 aromatic heterocycles. The molecule has 2 N–H and O–H groups in total. The van der Waals surface area contributed by atoms with Crippen molar-refractivity contribution in [2.45, 2.75) is 39.2 Å². The molecular formula is C10H20N2O. The Kier molecular flexibility index (Phi) is 4.22. The van der Waals surface area contributed by atoms with Gasteiger partial charge in [-0.3, -0.25) is 4.79 Å². The average molecular weight is 184 g/mol. The van der Waals surface area contributed by atoms with E-state index in [-0.39, 0.29) is 5.91 Å². The first-order valence-corrected chi connectivity index (χ1v) is 5.24. The van der Waals surface area contributed by atoms with Crippen molar-refractivity contribution in [1.29, 1.82) is 0 Å². The van der Waals surface area contributed by atoms with E-state index in [4.69, 9.17) is 0 Å². The molecule has 1 fully saturated rings. The van der Waals surface area contributed by atoms with Gasteiger partial charge in [0.15, 0.2) is 0 Å². The van der Waals surface area contributed by atoms with E-state index in [2.05, 4.69) is 17.6 Å². The molecule has 2 atom stereocenters. The highest BCUT2D eigenvalue weighted by Gasteiger charge is 2.21. The number of hydrogen-bond donors (Lipinski definition) is 2. The first-order valence-electron chi connectivity index (χ1n) is 5.24. The lowest BCUT2D eigenvalue weighted by molar-refractivity contribution is -0.122. The van der Waals surface area contributed by atoms with Gasteiger partial charge < -0.3 is 10.6 Å². The summed E-state index contributed by atoms with van der Waals surface area (Å²) in [6, 6.07) is 0.328. The van der Waals surface area contributed by atoms with Crippen molar-refractivity contribution in [2.24, 2.45) is 5.92 Å². The van der Waals surface area contributed by atoms with Crippen LogP contribution >= 0.6 is 0 Å². The maximum absolute atomic E-state index is 11.3. The molecule has 1 heterocycles. The third-order valence-electron chi connectivity index (χ3n) is 2.67. The van der Waals surface area contributed by atoms with Crippen LogP contribution < -0.4 is 10.6 Å². The Balaban J connectivity index is 2.22. The Hall–Kier alpha value is -0.570. The number of rotatable bonds is 4. The molecule has 1 saturated heterocycles. The van der Waals surface area contributed by atoms with E-state index in [1.54, 1.807) is 0 Å². The summed E-state index contributed by atoms with van der Waals surface area (Å²) in [6.07, 6.45) is 2.78. The summed E-state index contributed by atoms with van der Waals surface area (Å²) in [5.74, 6) is 0.822. The van der Waals surface area contributed by atoms with Crippen LogP contribution in [0, 0.1) is 5.92 Å². The fourth-order valence-electron chi connectivity index (χ4n) is 1.77. The smallest absolute Gasteiger partial charge is 0.220 e. The van der Waals surface area contributed by atoms with E-state index in [1.807, 2.05) is 6.92 Å². The molecule has 3 heteroatoms. The van der Waals surface area contributed by atoms with Crippen molar-refractivity contribution in [3.05, 3.63) is 0 Å². The molecule has 2 unspecified atom stereocenters. The molecule has 1 rings (SSSR count). The summed E-state index contributed by atoms with van der Waals surface area (Å²) < 4.78 is 0. The van der Waals surface area contributed by atoms with E-state index in [1.165, 1.54) is 6.42 Å². The molecule has 0 aromatic rings. The molecule has 0 radical (unpaired) electrons. The number of nitrogens with one attached hydrogen (secondary N) is 2. The van der Waals surface area contributed by atoms with Gasteiger partial charge in [-0.2, -0.15) is 0 Å². The molecule has 0 aliphatic carbocycles. The zero-order valence-electron chi connectivity index (χ0n) is 8.60. The number of carbonyl (C=O) groups is 1. The third kappa shape index (κ3) is 3.35. The van der Waals surface area contributed by atoms with Crippen LogP contribution in [-0.4, -0.2) is 25.0 Å². The molecule has 76 valence electrons. The minimum atomic E-state index is 0.196. The monoisotopic (exact) mass is 184 g/mol. The van der Waals surface area contributed by atoms with Gasteiger partial charge in [0.05, 0.1) is 0 Å². The molecule has 1 aliphatic heterocycles. The van der Waals surface area contributed by atoms with Crippen LogP contribution in [-0.2, 0) is 4.79 Å². The Morgan fingerprint density at radius 3 is 3.00 bits per heavy atom. The highest BCUT2D eigenvalue weighted by molar-refractivity contribution is 5.76. The predicted molar refractivity (Wildman–Crippen MR) is 53.5 cm³/mol. The van der Waals surface area contributed by atoms with Crippen LogP contribution in [0.25, 0.3) is 0 Å². The van der Waals surface area contributed by atoms with Crippen molar-refractivity contribution < 1.29 is 4.79 Å². The van der Waals surface area contributed by atoms with Crippen LogP contribution in [0.4, 0.5) is 0 Å². The van der Waals surface area contributed by atoms with Gasteiger partial charge in [0.25, 0.3) is 0 Å². The minimum Gasteiger partial charge on any atom is -0.353 e. The SMILES string of the molecule is CCCC(=O)NC(C)C1CCNC1. The zero-order valence-corrected chi connectivity index (χ0v) is 8.60. The van der Waals surface area contributed by atoms with Gasteiger partial charge in [0.1, 0.15) is 0 Å². The number of hydrogen-bond acceptors (Lipinski definition) is 2. The predicted octanol–water partition coefficient (Wildman–Crippen LogP) is 0.901. The standard InChI is InChI=1S/C10H20N2O/c1-3-4-10(13)12-8(2)9-5-6-11-7-9/h8-9,11H,3-7H2,1-2H3,(H,12,13). The van der Waals surface area contributed by atoms with Gasteiger partial charge in [-0.25, -0.2) is 0 Å². The summed E-state index contributed by atoms with van der Waals surface area (Å²) in [7, 11) is 0. The Morgan fingerprint density at radius 1 is 1.69 bits per heavy atom. The molecule has 0 saturated carbocycles. The van der Waals surface area contributed by atoms with Crippen molar-refractivity contribution in [3.63, 3.8) is 0 Å². The molecule has 3 nitrogen and oxygen atoms in total. The zero-order chi connectivity index (χ0) is 9.68. The van der Waals surface area contributed by atoms with Crippen molar-refractivity contribution in [2.75, 3.05) is 13.1 Å². The van der Waals surface area contributed by atoms with Crippen molar-refractivity contribution in [1.82, 2.24) is 10.6 Å². The Labute approximate surface area is 80.3 Å². The molecular weight excluding hydrogens is 164 g/mol. The fraction of sp³-hybridized carbons (Fsp3) is 0.900. The quantitative estimate of drug-likeness (QED) is 0.681. The topological polar surface area (TPSA) is 41.1 Å². The maximum atomic E-state index is 11.3. The highest BCUT2D eigenvalue weighted by Crippen LogP contribution is 2.12. The van der Waals surface area contributed by atoms with E-state index in [0.717, 1.165) is 19.5 Å². The average Bonchev–Trinajstić information content (AvgIpc) is 2.55. The van der Waals surface area contributed by atoms with Gasteiger partial charge in [0, 0.05) is 12.5 Å². The van der Waals surface area contributed by atoms with Crippen LogP contribution in [0.3, 0.4) is 0 Å². The highest BCUT2D eigenvalue weighted by atomic mass is 16.1. The van der Waals surface area contributed by atoms with Gasteiger partial charge in [-0.15, -0.1) is 0 Å². The summed E-state index contributed by atoms with van der Waals surface area (Å²) >= 11 is 0. The van der Waals surface area contributed by atoms with Crippen LogP contribution in [0.2, 0.25) is 0 Å². The first kappa shape index (κ1) is 10.5. The van der Waals surface area contributed by atoms with E-state index in [0.29, 0.717) is 18.4 Å². The number of amides is 1.